The van der Waals surface area contributed by atoms with E-state index in [4.69, 9.17) is 0 Å². The molecule has 2 aromatic rings. The molecule has 0 N–H and O–H groups in total. The van der Waals surface area contributed by atoms with Crippen LogP contribution >= 0.6 is 0 Å². The molecule has 2 aliphatic rings. The number of likely N-dealkylation sites (tertiary alicyclic amines) is 1. The predicted octanol–water partition coefficient (Wildman–Crippen LogP) is 1.69. The zero-order chi connectivity index (χ0) is 18.8. The third kappa shape index (κ3) is 4.20. The van der Waals surface area contributed by atoms with Crippen LogP contribution < -0.4 is 9.80 Å². The third-order valence-corrected chi connectivity index (χ3v) is 5.46. The Balaban J connectivity index is 1.22. The number of halogens is 1. The SMILES string of the molecule is CN(C)c1ncc(CN2CC(N3CCN(c4ccc(F)cc4)CC3)C2)cn1. The first-order chi connectivity index (χ1) is 13.1. The molecule has 6 nitrogen and oxygen atoms in total. The van der Waals surface area contributed by atoms with Crippen LogP contribution in [0, 0.1) is 5.82 Å². The maximum Gasteiger partial charge on any atom is 0.224 e. The van der Waals surface area contributed by atoms with Gasteiger partial charge in [0.25, 0.3) is 0 Å². The van der Waals surface area contributed by atoms with Crippen LogP contribution in [0.5, 0.6) is 0 Å². The minimum absolute atomic E-state index is 0.173. The van der Waals surface area contributed by atoms with Gasteiger partial charge >= 0.3 is 0 Å². The summed E-state index contributed by atoms with van der Waals surface area (Å²) >= 11 is 0. The molecule has 2 saturated heterocycles. The molecule has 4 rings (SSSR count). The molecule has 0 radical (unpaired) electrons. The van der Waals surface area contributed by atoms with Crippen LogP contribution in [-0.4, -0.2) is 79.2 Å². The summed E-state index contributed by atoms with van der Waals surface area (Å²) in [7, 11) is 3.90. The van der Waals surface area contributed by atoms with Crippen molar-refractivity contribution in [1.29, 1.82) is 0 Å². The molecule has 1 aromatic heterocycles. The highest BCUT2D eigenvalue weighted by Crippen LogP contribution is 2.22. The second-order valence-corrected chi connectivity index (χ2v) is 7.63. The number of benzene rings is 1. The number of hydrogen-bond acceptors (Lipinski definition) is 6. The van der Waals surface area contributed by atoms with Gasteiger partial charge in [0.2, 0.25) is 5.95 Å². The molecular formula is C20H27FN6. The first-order valence-corrected chi connectivity index (χ1v) is 9.53. The topological polar surface area (TPSA) is 38.7 Å². The molecule has 7 heteroatoms. The minimum Gasteiger partial charge on any atom is -0.369 e. The van der Waals surface area contributed by atoms with Crippen molar-refractivity contribution in [2.75, 3.05) is 63.2 Å². The van der Waals surface area contributed by atoms with Gasteiger partial charge in [0.05, 0.1) is 0 Å². The van der Waals surface area contributed by atoms with Crippen molar-refractivity contribution >= 4 is 11.6 Å². The smallest absolute Gasteiger partial charge is 0.224 e. The van der Waals surface area contributed by atoms with Gasteiger partial charge in [-0.2, -0.15) is 0 Å². The van der Waals surface area contributed by atoms with Crippen molar-refractivity contribution in [3.05, 3.63) is 48.0 Å². The van der Waals surface area contributed by atoms with Gasteiger partial charge in [0, 0.05) is 89.6 Å². The summed E-state index contributed by atoms with van der Waals surface area (Å²) in [6.45, 7) is 7.26. The van der Waals surface area contributed by atoms with Gasteiger partial charge in [-0.05, 0) is 24.3 Å². The molecule has 0 spiro atoms. The van der Waals surface area contributed by atoms with Gasteiger partial charge in [0.15, 0.2) is 0 Å². The van der Waals surface area contributed by atoms with Gasteiger partial charge < -0.3 is 9.80 Å². The molecule has 3 heterocycles. The number of rotatable bonds is 5. The van der Waals surface area contributed by atoms with E-state index in [9.17, 15) is 4.39 Å². The molecule has 0 aliphatic carbocycles. The Bertz CT molecular complexity index is 734. The van der Waals surface area contributed by atoms with Gasteiger partial charge in [-0.25, -0.2) is 14.4 Å². The fourth-order valence-corrected chi connectivity index (χ4v) is 3.82. The molecule has 144 valence electrons. The van der Waals surface area contributed by atoms with Crippen molar-refractivity contribution < 1.29 is 4.39 Å². The molecule has 1 aromatic carbocycles. The van der Waals surface area contributed by atoms with E-state index in [-0.39, 0.29) is 5.82 Å². The van der Waals surface area contributed by atoms with E-state index in [1.807, 2.05) is 43.5 Å². The quantitative estimate of drug-likeness (QED) is 0.798. The summed E-state index contributed by atoms with van der Waals surface area (Å²) in [6.07, 6.45) is 3.86. The zero-order valence-corrected chi connectivity index (χ0v) is 16.1. The summed E-state index contributed by atoms with van der Waals surface area (Å²) in [5.74, 6) is 0.577. The van der Waals surface area contributed by atoms with Gasteiger partial charge in [-0.15, -0.1) is 0 Å². The van der Waals surface area contributed by atoms with E-state index in [2.05, 4.69) is 24.7 Å². The first kappa shape index (κ1) is 18.1. The monoisotopic (exact) mass is 370 g/mol. The Labute approximate surface area is 160 Å². The van der Waals surface area contributed by atoms with Gasteiger partial charge in [-0.1, -0.05) is 0 Å². The lowest BCUT2D eigenvalue weighted by atomic mass is 10.0. The normalized spacial score (nSPS) is 19.1. The third-order valence-electron chi connectivity index (χ3n) is 5.46. The molecule has 2 fully saturated rings. The minimum atomic E-state index is -0.173. The summed E-state index contributed by atoms with van der Waals surface area (Å²) in [4.78, 5) is 18.1. The number of nitrogens with zero attached hydrogens (tertiary/aromatic N) is 6. The number of piperazine rings is 1. The molecule has 0 saturated carbocycles. The van der Waals surface area contributed by atoms with E-state index in [1.165, 1.54) is 5.56 Å². The van der Waals surface area contributed by atoms with Crippen LogP contribution in [-0.2, 0) is 6.54 Å². The molecule has 0 amide bonds. The average Bonchev–Trinajstić information content (AvgIpc) is 2.66. The van der Waals surface area contributed by atoms with E-state index in [0.717, 1.165) is 57.4 Å². The zero-order valence-electron chi connectivity index (χ0n) is 16.1. The van der Waals surface area contributed by atoms with Crippen LogP contribution in [0.4, 0.5) is 16.0 Å². The van der Waals surface area contributed by atoms with Crippen molar-refractivity contribution in [1.82, 2.24) is 19.8 Å². The Morgan fingerprint density at radius 2 is 1.63 bits per heavy atom. The van der Waals surface area contributed by atoms with E-state index in [1.54, 1.807) is 12.1 Å². The Hall–Kier alpha value is -2.25. The fourth-order valence-electron chi connectivity index (χ4n) is 3.82. The summed E-state index contributed by atoms with van der Waals surface area (Å²) in [6, 6.07) is 7.47. The number of anilines is 2. The first-order valence-electron chi connectivity index (χ1n) is 9.53. The molecule has 0 bridgehead atoms. The molecule has 0 atom stereocenters. The van der Waals surface area contributed by atoms with Crippen LogP contribution in [0.15, 0.2) is 36.7 Å². The highest BCUT2D eigenvalue weighted by atomic mass is 19.1. The Morgan fingerprint density at radius 1 is 1.00 bits per heavy atom. The van der Waals surface area contributed by atoms with E-state index >= 15 is 0 Å². The highest BCUT2D eigenvalue weighted by molar-refractivity contribution is 5.46. The lowest BCUT2D eigenvalue weighted by Crippen LogP contribution is -2.62. The lowest BCUT2D eigenvalue weighted by molar-refractivity contribution is 0.0255. The van der Waals surface area contributed by atoms with E-state index in [0.29, 0.717) is 6.04 Å². The van der Waals surface area contributed by atoms with Crippen LogP contribution in [0.1, 0.15) is 5.56 Å². The van der Waals surface area contributed by atoms with Crippen molar-refractivity contribution in [2.45, 2.75) is 12.6 Å². The molecule has 0 unspecified atom stereocenters. The highest BCUT2D eigenvalue weighted by Gasteiger charge is 2.33. The Morgan fingerprint density at radius 3 is 2.22 bits per heavy atom. The molecular weight excluding hydrogens is 343 g/mol. The van der Waals surface area contributed by atoms with Crippen LogP contribution in [0.2, 0.25) is 0 Å². The van der Waals surface area contributed by atoms with Crippen molar-refractivity contribution in [3.8, 4) is 0 Å². The number of aromatic nitrogens is 2. The average molecular weight is 370 g/mol. The van der Waals surface area contributed by atoms with E-state index < -0.39 is 0 Å². The van der Waals surface area contributed by atoms with Gasteiger partial charge in [-0.3, -0.25) is 9.80 Å². The summed E-state index contributed by atoms with van der Waals surface area (Å²) < 4.78 is 13.1. The number of hydrogen-bond donors (Lipinski definition) is 0. The summed E-state index contributed by atoms with van der Waals surface area (Å²) in [5.41, 5.74) is 2.28. The molecule has 2 aliphatic heterocycles. The van der Waals surface area contributed by atoms with Crippen LogP contribution in [0.3, 0.4) is 0 Å². The summed E-state index contributed by atoms with van der Waals surface area (Å²) in [5, 5.41) is 0. The van der Waals surface area contributed by atoms with Crippen molar-refractivity contribution in [3.63, 3.8) is 0 Å². The second kappa shape index (κ2) is 7.78. The maximum absolute atomic E-state index is 13.1. The predicted molar refractivity (Wildman–Crippen MR) is 106 cm³/mol. The molecule has 27 heavy (non-hydrogen) atoms. The largest absolute Gasteiger partial charge is 0.369 e. The maximum atomic E-state index is 13.1. The second-order valence-electron chi connectivity index (χ2n) is 7.63. The van der Waals surface area contributed by atoms with Crippen LogP contribution in [0.25, 0.3) is 0 Å². The van der Waals surface area contributed by atoms with Gasteiger partial charge in [0.1, 0.15) is 5.82 Å². The standard InChI is InChI=1S/C20H27FN6/c1-24(2)20-22-11-16(12-23-20)13-25-14-19(15-25)27-9-7-26(8-10-27)18-5-3-17(21)4-6-18/h3-6,11-12,19H,7-10,13-15H2,1-2H3. The fraction of sp³-hybridized carbons (Fsp3) is 0.500. The lowest BCUT2D eigenvalue weighted by Gasteiger charge is -2.48. The Kier molecular flexibility index (Phi) is 5.22. The van der Waals surface area contributed by atoms with Crippen molar-refractivity contribution in [2.24, 2.45) is 0 Å².